The maximum Gasteiger partial charge on any atom is 0.166 e. The van der Waals surface area contributed by atoms with E-state index >= 15 is 0 Å². The zero-order valence-electron chi connectivity index (χ0n) is 10.9. The highest BCUT2D eigenvalue weighted by molar-refractivity contribution is 5.95. The molecule has 0 bridgehead atoms. The minimum atomic E-state index is 0.195. The van der Waals surface area contributed by atoms with Gasteiger partial charge < -0.3 is 5.73 Å². The quantitative estimate of drug-likeness (QED) is 0.705. The molecule has 17 heavy (non-hydrogen) atoms. The molecule has 0 saturated heterocycles. The highest BCUT2D eigenvalue weighted by Crippen LogP contribution is 2.16. The number of aromatic nitrogens is 2. The molecule has 1 rings (SSSR count). The number of nitrogens with two attached hydrogens (primary N) is 1. The number of aryl methyl sites for hydroxylation is 1. The summed E-state index contributed by atoms with van der Waals surface area (Å²) in [6, 6.07) is 0. The number of nitrogens with zero attached hydrogens (tertiary/aromatic N) is 2. The molecule has 0 spiro atoms. The predicted octanol–water partition coefficient (Wildman–Crippen LogP) is 2.24. The van der Waals surface area contributed by atoms with Crippen LogP contribution in [0.3, 0.4) is 0 Å². The molecule has 0 aromatic carbocycles. The Morgan fingerprint density at radius 3 is 2.76 bits per heavy atom. The first kappa shape index (κ1) is 13.9. The lowest BCUT2D eigenvalue weighted by Gasteiger charge is -2.12. The first-order chi connectivity index (χ1) is 8.21. The van der Waals surface area contributed by atoms with Gasteiger partial charge in [-0.3, -0.25) is 9.48 Å². The lowest BCUT2D eigenvalue weighted by molar-refractivity contribution is 0.0972. The molecule has 4 nitrogen and oxygen atoms in total. The van der Waals surface area contributed by atoms with Crippen molar-refractivity contribution in [1.82, 2.24) is 9.78 Å². The van der Waals surface area contributed by atoms with Crippen molar-refractivity contribution in [2.45, 2.75) is 46.1 Å². The molecule has 2 N–H and O–H groups in total. The summed E-state index contributed by atoms with van der Waals surface area (Å²) in [5.41, 5.74) is 6.28. The number of rotatable bonds is 8. The Kier molecular flexibility index (Phi) is 5.91. The Bertz CT molecular complexity index is 346. The van der Waals surface area contributed by atoms with Gasteiger partial charge in [-0.2, -0.15) is 5.10 Å². The fourth-order valence-electron chi connectivity index (χ4n) is 1.95. The molecule has 0 aliphatic carbocycles. The van der Waals surface area contributed by atoms with Crippen LogP contribution in [-0.4, -0.2) is 22.1 Å². The van der Waals surface area contributed by atoms with E-state index < -0.39 is 0 Å². The van der Waals surface area contributed by atoms with Gasteiger partial charge in [0.1, 0.15) is 0 Å². The van der Waals surface area contributed by atoms with Gasteiger partial charge in [0.05, 0.1) is 11.8 Å². The molecular weight excluding hydrogens is 214 g/mol. The smallest absolute Gasteiger partial charge is 0.166 e. The standard InChI is InChI=1S/C13H23N3O/c1-3-11(7-8-14)5-6-13(17)12-9-15-16(4-2)10-12/h9-11H,3-8,14H2,1-2H3. The molecule has 0 aliphatic rings. The molecule has 96 valence electrons. The zero-order chi connectivity index (χ0) is 12.7. The van der Waals surface area contributed by atoms with Crippen LogP contribution in [0.2, 0.25) is 0 Å². The van der Waals surface area contributed by atoms with Gasteiger partial charge in [0, 0.05) is 19.2 Å². The molecule has 1 heterocycles. The van der Waals surface area contributed by atoms with E-state index in [0.29, 0.717) is 18.9 Å². The van der Waals surface area contributed by atoms with Gasteiger partial charge in [-0.1, -0.05) is 13.3 Å². The van der Waals surface area contributed by atoms with Gasteiger partial charge in [-0.05, 0) is 32.2 Å². The summed E-state index contributed by atoms with van der Waals surface area (Å²) in [6.07, 6.45) is 7.14. The van der Waals surface area contributed by atoms with Crippen molar-refractivity contribution in [1.29, 1.82) is 0 Å². The lowest BCUT2D eigenvalue weighted by Crippen LogP contribution is -2.10. The summed E-state index contributed by atoms with van der Waals surface area (Å²) in [6.45, 7) is 5.67. The number of hydrogen-bond acceptors (Lipinski definition) is 3. The van der Waals surface area contributed by atoms with Crippen molar-refractivity contribution < 1.29 is 4.79 Å². The van der Waals surface area contributed by atoms with Crippen LogP contribution in [-0.2, 0) is 6.54 Å². The summed E-state index contributed by atoms with van der Waals surface area (Å²) >= 11 is 0. The molecular formula is C13H23N3O. The maximum absolute atomic E-state index is 11.9. The number of hydrogen-bond donors (Lipinski definition) is 1. The largest absolute Gasteiger partial charge is 0.330 e. The van der Waals surface area contributed by atoms with Gasteiger partial charge >= 0.3 is 0 Å². The van der Waals surface area contributed by atoms with Crippen molar-refractivity contribution >= 4 is 5.78 Å². The van der Waals surface area contributed by atoms with Crippen molar-refractivity contribution in [2.75, 3.05) is 6.54 Å². The van der Waals surface area contributed by atoms with Gasteiger partial charge in [0.15, 0.2) is 5.78 Å². The third kappa shape index (κ3) is 4.30. The SMILES string of the molecule is CCC(CCN)CCC(=O)c1cnn(CC)c1. The molecule has 1 unspecified atom stereocenters. The second-order valence-corrected chi connectivity index (χ2v) is 4.40. The summed E-state index contributed by atoms with van der Waals surface area (Å²) in [5.74, 6) is 0.769. The van der Waals surface area contributed by atoms with Crippen molar-refractivity contribution in [3.8, 4) is 0 Å². The predicted molar refractivity (Wildman–Crippen MR) is 68.9 cm³/mol. The fourth-order valence-corrected chi connectivity index (χ4v) is 1.95. The number of carbonyl (C=O) groups excluding carboxylic acids is 1. The number of Topliss-reactive ketones (excluding diaryl/α,β-unsaturated/α-hetero) is 1. The molecule has 0 aliphatic heterocycles. The lowest BCUT2D eigenvalue weighted by atomic mass is 9.94. The fraction of sp³-hybridized carbons (Fsp3) is 0.692. The minimum Gasteiger partial charge on any atom is -0.330 e. The molecule has 0 radical (unpaired) electrons. The van der Waals surface area contributed by atoms with Crippen LogP contribution in [0, 0.1) is 5.92 Å². The molecule has 0 amide bonds. The Morgan fingerprint density at radius 1 is 1.47 bits per heavy atom. The Hall–Kier alpha value is -1.16. The molecule has 1 aromatic rings. The minimum absolute atomic E-state index is 0.195. The van der Waals surface area contributed by atoms with Crippen LogP contribution < -0.4 is 5.73 Å². The molecule has 1 atom stereocenters. The second kappa shape index (κ2) is 7.22. The van der Waals surface area contributed by atoms with Gasteiger partial charge in [-0.15, -0.1) is 0 Å². The average Bonchev–Trinajstić information content (AvgIpc) is 2.82. The van der Waals surface area contributed by atoms with Gasteiger partial charge in [-0.25, -0.2) is 0 Å². The third-order valence-corrected chi connectivity index (χ3v) is 3.21. The topological polar surface area (TPSA) is 60.9 Å². The highest BCUT2D eigenvalue weighted by Gasteiger charge is 2.12. The van der Waals surface area contributed by atoms with E-state index in [2.05, 4.69) is 12.0 Å². The number of ketones is 1. The van der Waals surface area contributed by atoms with Crippen molar-refractivity contribution in [3.63, 3.8) is 0 Å². The highest BCUT2D eigenvalue weighted by atomic mass is 16.1. The van der Waals surface area contributed by atoms with E-state index in [4.69, 9.17) is 5.73 Å². The third-order valence-electron chi connectivity index (χ3n) is 3.21. The first-order valence-corrected chi connectivity index (χ1v) is 6.46. The van der Waals surface area contributed by atoms with Crippen molar-refractivity contribution in [3.05, 3.63) is 18.0 Å². The second-order valence-electron chi connectivity index (χ2n) is 4.40. The van der Waals surface area contributed by atoms with Crippen LogP contribution in [0.25, 0.3) is 0 Å². The average molecular weight is 237 g/mol. The first-order valence-electron chi connectivity index (χ1n) is 6.46. The van der Waals surface area contributed by atoms with Gasteiger partial charge in [0.25, 0.3) is 0 Å². The van der Waals surface area contributed by atoms with Crippen LogP contribution in [0.15, 0.2) is 12.4 Å². The summed E-state index contributed by atoms with van der Waals surface area (Å²) < 4.78 is 1.78. The normalized spacial score (nSPS) is 12.6. The molecule has 1 aromatic heterocycles. The van der Waals surface area contributed by atoms with Crippen molar-refractivity contribution in [2.24, 2.45) is 11.7 Å². The monoisotopic (exact) mass is 237 g/mol. The summed E-state index contributed by atoms with van der Waals surface area (Å²) in [5, 5.41) is 4.12. The Morgan fingerprint density at radius 2 is 2.24 bits per heavy atom. The van der Waals surface area contributed by atoms with E-state index in [0.717, 1.165) is 31.4 Å². The van der Waals surface area contributed by atoms with E-state index in [1.54, 1.807) is 10.9 Å². The molecule has 0 saturated carbocycles. The number of carbonyl (C=O) groups is 1. The van der Waals surface area contributed by atoms with E-state index in [9.17, 15) is 4.79 Å². The summed E-state index contributed by atoms with van der Waals surface area (Å²) in [7, 11) is 0. The van der Waals surface area contributed by atoms with E-state index in [-0.39, 0.29) is 5.78 Å². The maximum atomic E-state index is 11.9. The Balaban J connectivity index is 2.43. The Labute approximate surface area is 103 Å². The van der Waals surface area contributed by atoms with E-state index in [1.807, 2.05) is 13.1 Å². The zero-order valence-corrected chi connectivity index (χ0v) is 10.9. The van der Waals surface area contributed by atoms with Gasteiger partial charge in [0.2, 0.25) is 0 Å². The van der Waals surface area contributed by atoms with Crippen LogP contribution in [0.5, 0.6) is 0 Å². The van der Waals surface area contributed by atoms with Crippen LogP contribution >= 0.6 is 0 Å². The summed E-state index contributed by atoms with van der Waals surface area (Å²) in [4.78, 5) is 11.9. The van der Waals surface area contributed by atoms with Crippen LogP contribution in [0.4, 0.5) is 0 Å². The molecule has 4 heteroatoms. The van der Waals surface area contributed by atoms with E-state index in [1.165, 1.54) is 0 Å². The van der Waals surface area contributed by atoms with Crippen LogP contribution in [0.1, 0.15) is 49.9 Å². The molecule has 0 fully saturated rings.